The minimum Gasteiger partial charge on any atom is -0.478 e. The average molecular weight is 265 g/mol. The Hall–Kier alpha value is -1.55. The lowest BCUT2D eigenvalue weighted by Crippen LogP contribution is -2.13. The molecule has 1 unspecified atom stereocenters. The SMILES string of the molecule is CCCCOC(C)c1cc(N(C)C)ccc1C(=O)O. The molecule has 4 heteroatoms. The molecule has 0 saturated carbocycles. The first-order chi connectivity index (χ1) is 8.97. The first kappa shape index (κ1) is 15.5. The van der Waals surface area contributed by atoms with E-state index >= 15 is 0 Å². The van der Waals surface area contributed by atoms with Gasteiger partial charge in [0.2, 0.25) is 0 Å². The van der Waals surface area contributed by atoms with Gasteiger partial charge in [0.1, 0.15) is 0 Å². The molecule has 0 heterocycles. The molecular weight excluding hydrogens is 242 g/mol. The van der Waals surface area contributed by atoms with Gasteiger partial charge in [0.15, 0.2) is 0 Å². The van der Waals surface area contributed by atoms with Crippen molar-refractivity contribution in [2.75, 3.05) is 25.6 Å². The van der Waals surface area contributed by atoms with Gasteiger partial charge in [0.25, 0.3) is 0 Å². The topological polar surface area (TPSA) is 49.8 Å². The third kappa shape index (κ3) is 4.24. The quantitative estimate of drug-likeness (QED) is 0.768. The fourth-order valence-corrected chi connectivity index (χ4v) is 1.85. The second-order valence-corrected chi connectivity index (χ2v) is 4.84. The van der Waals surface area contributed by atoms with E-state index in [9.17, 15) is 9.90 Å². The number of anilines is 1. The van der Waals surface area contributed by atoms with Gasteiger partial charge in [0.05, 0.1) is 11.7 Å². The molecule has 0 spiro atoms. The van der Waals surface area contributed by atoms with E-state index in [1.807, 2.05) is 38.1 Å². The molecule has 0 aliphatic carbocycles. The Balaban J connectivity index is 2.99. The number of hydrogen-bond acceptors (Lipinski definition) is 3. The van der Waals surface area contributed by atoms with E-state index in [0.29, 0.717) is 12.2 Å². The first-order valence-electron chi connectivity index (χ1n) is 6.63. The lowest BCUT2D eigenvalue weighted by Gasteiger charge is -2.19. The van der Waals surface area contributed by atoms with Crippen molar-refractivity contribution < 1.29 is 14.6 Å². The molecule has 1 atom stereocenters. The highest BCUT2D eigenvalue weighted by atomic mass is 16.5. The number of unbranched alkanes of at least 4 members (excludes halogenated alkanes) is 1. The Morgan fingerprint density at radius 2 is 2.11 bits per heavy atom. The van der Waals surface area contributed by atoms with Crippen LogP contribution < -0.4 is 4.90 Å². The number of carboxylic acids is 1. The fourth-order valence-electron chi connectivity index (χ4n) is 1.85. The zero-order valence-corrected chi connectivity index (χ0v) is 12.1. The Bertz CT molecular complexity index is 429. The lowest BCUT2D eigenvalue weighted by atomic mass is 10.0. The van der Waals surface area contributed by atoms with Crippen molar-refractivity contribution in [3.05, 3.63) is 29.3 Å². The maximum Gasteiger partial charge on any atom is 0.336 e. The van der Waals surface area contributed by atoms with E-state index in [1.54, 1.807) is 6.07 Å². The zero-order valence-electron chi connectivity index (χ0n) is 12.1. The van der Waals surface area contributed by atoms with Crippen LogP contribution in [-0.4, -0.2) is 31.8 Å². The van der Waals surface area contributed by atoms with Gasteiger partial charge in [-0.1, -0.05) is 13.3 Å². The average Bonchev–Trinajstić information content (AvgIpc) is 2.37. The molecule has 106 valence electrons. The Kier molecular flexibility index (Phi) is 5.83. The maximum absolute atomic E-state index is 11.3. The van der Waals surface area contributed by atoms with Crippen molar-refractivity contribution in [2.24, 2.45) is 0 Å². The third-order valence-electron chi connectivity index (χ3n) is 3.09. The molecule has 1 aromatic rings. The van der Waals surface area contributed by atoms with Crippen LogP contribution in [0.15, 0.2) is 18.2 Å². The summed E-state index contributed by atoms with van der Waals surface area (Å²) in [6.45, 7) is 4.66. The minimum atomic E-state index is -0.911. The fraction of sp³-hybridized carbons (Fsp3) is 0.533. The molecule has 0 fully saturated rings. The summed E-state index contributed by atoms with van der Waals surface area (Å²) in [6, 6.07) is 5.35. The molecule has 1 rings (SSSR count). The van der Waals surface area contributed by atoms with Crippen molar-refractivity contribution in [2.45, 2.75) is 32.8 Å². The highest BCUT2D eigenvalue weighted by Crippen LogP contribution is 2.26. The van der Waals surface area contributed by atoms with Crippen LogP contribution >= 0.6 is 0 Å². The van der Waals surface area contributed by atoms with Gasteiger partial charge < -0.3 is 14.7 Å². The largest absolute Gasteiger partial charge is 0.478 e. The van der Waals surface area contributed by atoms with Crippen molar-refractivity contribution in [1.82, 2.24) is 0 Å². The minimum absolute atomic E-state index is 0.211. The summed E-state index contributed by atoms with van der Waals surface area (Å²) < 4.78 is 5.71. The van der Waals surface area contributed by atoms with Gasteiger partial charge in [0, 0.05) is 26.4 Å². The van der Waals surface area contributed by atoms with Crippen LogP contribution in [0.3, 0.4) is 0 Å². The number of carbonyl (C=O) groups is 1. The standard InChI is InChI=1S/C15H23NO3/c1-5-6-9-19-11(2)14-10-12(16(3)4)7-8-13(14)15(17)18/h7-8,10-11H,5-6,9H2,1-4H3,(H,17,18). The summed E-state index contributed by atoms with van der Waals surface area (Å²) in [4.78, 5) is 13.2. The number of benzene rings is 1. The monoisotopic (exact) mass is 265 g/mol. The van der Waals surface area contributed by atoms with Crippen LogP contribution in [0.1, 0.15) is 48.7 Å². The number of ether oxygens (including phenoxy) is 1. The lowest BCUT2D eigenvalue weighted by molar-refractivity contribution is 0.0584. The second-order valence-electron chi connectivity index (χ2n) is 4.84. The van der Waals surface area contributed by atoms with Crippen molar-refractivity contribution in [3.63, 3.8) is 0 Å². The van der Waals surface area contributed by atoms with E-state index in [0.717, 1.165) is 24.1 Å². The summed E-state index contributed by atoms with van der Waals surface area (Å²) in [5.74, 6) is -0.911. The molecule has 0 amide bonds. The van der Waals surface area contributed by atoms with E-state index in [-0.39, 0.29) is 6.10 Å². The summed E-state index contributed by atoms with van der Waals surface area (Å²) in [5, 5.41) is 9.25. The van der Waals surface area contributed by atoms with Crippen LogP contribution in [-0.2, 0) is 4.74 Å². The summed E-state index contributed by atoms with van der Waals surface area (Å²) in [5.41, 5.74) is 2.02. The van der Waals surface area contributed by atoms with Crippen LogP contribution in [0.5, 0.6) is 0 Å². The molecule has 0 aliphatic rings. The van der Waals surface area contributed by atoms with Gasteiger partial charge in [-0.15, -0.1) is 0 Å². The second kappa shape index (κ2) is 7.14. The smallest absolute Gasteiger partial charge is 0.336 e. The zero-order chi connectivity index (χ0) is 14.4. The molecule has 0 aromatic heterocycles. The van der Waals surface area contributed by atoms with Gasteiger partial charge in [-0.2, -0.15) is 0 Å². The van der Waals surface area contributed by atoms with E-state index in [1.165, 1.54) is 0 Å². The number of rotatable bonds is 7. The van der Waals surface area contributed by atoms with Gasteiger partial charge in [-0.05, 0) is 37.1 Å². The number of aromatic carboxylic acids is 1. The molecular formula is C15H23NO3. The molecule has 1 N–H and O–H groups in total. The van der Waals surface area contributed by atoms with E-state index in [2.05, 4.69) is 6.92 Å². The number of carboxylic acid groups (broad SMARTS) is 1. The molecule has 0 aliphatic heterocycles. The first-order valence-corrected chi connectivity index (χ1v) is 6.63. The molecule has 4 nitrogen and oxygen atoms in total. The Morgan fingerprint density at radius 1 is 1.42 bits per heavy atom. The molecule has 0 saturated heterocycles. The van der Waals surface area contributed by atoms with Crippen LogP contribution in [0.4, 0.5) is 5.69 Å². The van der Waals surface area contributed by atoms with Crippen LogP contribution in [0.25, 0.3) is 0 Å². The summed E-state index contributed by atoms with van der Waals surface area (Å²) in [6.07, 6.45) is 1.84. The molecule has 19 heavy (non-hydrogen) atoms. The molecule has 0 radical (unpaired) electrons. The highest BCUT2D eigenvalue weighted by molar-refractivity contribution is 5.90. The predicted octanol–water partition coefficient (Wildman–Crippen LogP) is 3.33. The predicted molar refractivity (Wildman–Crippen MR) is 77.0 cm³/mol. The van der Waals surface area contributed by atoms with Crippen LogP contribution in [0, 0.1) is 0 Å². The number of hydrogen-bond donors (Lipinski definition) is 1. The van der Waals surface area contributed by atoms with Gasteiger partial charge in [-0.25, -0.2) is 4.79 Å². The van der Waals surface area contributed by atoms with Gasteiger partial charge >= 0.3 is 5.97 Å². The van der Waals surface area contributed by atoms with Crippen molar-refractivity contribution in [3.8, 4) is 0 Å². The Labute approximate surface area is 115 Å². The van der Waals surface area contributed by atoms with Gasteiger partial charge in [-0.3, -0.25) is 0 Å². The summed E-state index contributed by atoms with van der Waals surface area (Å²) >= 11 is 0. The van der Waals surface area contributed by atoms with Crippen LogP contribution in [0.2, 0.25) is 0 Å². The third-order valence-corrected chi connectivity index (χ3v) is 3.09. The maximum atomic E-state index is 11.3. The van der Waals surface area contributed by atoms with E-state index in [4.69, 9.17) is 4.74 Å². The normalized spacial score (nSPS) is 12.2. The van der Waals surface area contributed by atoms with E-state index < -0.39 is 5.97 Å². The molecule has 0 bridgehead atoms. The Morgan fingerprint density at radius 3 is 2.63 bits per heavy atom. The highest BCUT2D eigenvalue weighted by Gasteiger charge is 2.17. The van der Waals surface area contributed by atoms with Crippen molar-refractivity contribution in [1.29, 1.82) is 0 Å². The summed E-state index contributed by atoms with van der Waals surface area (Å²) in [7, 11) is 3.87. The number of nitrogens with zero attached hydrogens (tertiary/aromatic N) is 1. The van der Waals surface area contributed by atoms with Crippen molar-refractivity contribution >= 4 is 11.7 Å². The molecule has 1 aromatic carbocycles.